The molecule has 0 fully saturated rings. The first kappa shape index (κ1) is 12.5. The fraction of sp³-hybridized carbons (Fsp3) is 0. The van der Waals surface area contributed by atoms with E-state index in [0.29, 0.717) is 11.3 Å². The van der Waals surface area contributed by atoms with Gasteiger partial charge in [0.2, 0.25) is 0 Å². The molecule has 0 aliphatic heterocycles. The van der Waals surface area contributed by atoms with E-state index in [1.54, 1.807) is 24.3 Å². The fourth-order valence-electron chi connectivity index (χ4n) is 1.55. The molecule has 2 aromatic rings. The molecule has 2 aromatic carbocycles. The van der Waals surface area contributed by atoms with Crippen LogP contribution in [0.2, 0.25) is 0 Å². The Morgan fingerprint density at radius 3 is 2.42 bits per heavy atom. The molecule has 0 atom stereocenters. The van der Waals surface area contributed by atoms with E-state index in [0.717, 1.165) is 0 Å². The first-order valence-corrected chi connectivity index (χ1v) is 5.31. The summed E-state index contributed by atoms with van der Waals surface area (Å²) in [6.07, 6.45) is 0. The summed E-state index contributed by atoms with van der Waals surface area (Å²) in [6, 6.07) is 12.3. The van der Waals surface area contributed by atoms with Gasteiger partial charge < -0.3 is 5.32 Å². The van der Waals surface area contributed by atoms with Gasteiger partial charge in [-0.15, -0.1) is 0 Å². The summed E-state index contributed by atoms with van der Waals surface area (Å²) in [6.45, 7) is 0. The smallest absolute Gasteiger partial charge is 0.183 e. The number of hydrogen-bond acceptors (Lipinski definition) is 3. The number of anilines is 2. The third kappa shape index (κ3) is 2.51. The molecule has 0 bridgehead atoms. The number of rotatable bonds is 2. The van der Waals surface area contributed by atoms with Crippen molar-refractivity contribution in [2.75, 3.05) is 5.32 Å². The Balaban J connectivity index is 2.37. The number of nitrogens with one attached hydrogen (secondary N) is 1. The van der Waals surface area contributed by atoms with Gasteiger partial charge in [0.05, 0.1) is 22.9 Å². The third-order valence-electron chi connectivity index (χ3n) is 2.47. The van der Waals surface area contributed by atoms with Crippen LogP contribution in [0.1, 0.15) is 11.1 Å². The van der Waals surface area contributed by atoms with Gasteiger partial charge in [-0.1, -0.05) is 6.07 Å². The number of benzene rings is 2. The van der Waals surface area contributed by atoms with E-state index < -0.39 is 11.6 Å². The zero-order valence-electron chi connectivity index (χ0n) is 9.61. The van der Waals surface area contributed by atoms with Crippen LogP contribution in [-0.2, 0) is 0 Å². The van der Waals surface area contributed by atoms with Crippen LogP contribution >= 0.6 is 0 Å². The molecule has 2 rings (SSSR count). The zero-order chi connectivity index (χ0) is 13.8. The van der Waals surface area contributed by atoms with Crippen LogP contribution in [0.5, 0.6) is 0 Å². The highest BCUT2D eigenvalue weighted by Crippen LogP contribution is 2.24. The van der Waals surface area contributed by atoms with E-state index in [1.807, 2.05) is 6.07 Å². The van der Waals surface area contributed by atoms with E-state index in [9.17, 15) is 8.78 Å². The number of hydrogen-bond donors (Lipinski definition) is 1. The van der Waals surface area contributed by atoms with Gasteiger partial charge in [-0.25, -0.2) is 8.78 Å². The second-order valence-corrected chi connectivity index (χ2v) is 3.72. The third-order valence-corrected chi connectivity index (χ3v) is 2.47. The molecule has 0 radical (unpaired) electrons. The molecular weight excluding hydrogens is 248 g/mol. The molecule has 0 aliphatic rings. The minimum absolute atomic E-state index is 0.0911. The van der Waals surface area contributed by atoms with Crippen molar-refractivity contribution in [2.24, 2.45) is 0 Å². The Morgan fingerprint density at radius 1 is 0.947 bits per heavy atom. The Morgan fingerprint density at radius 2 is 1.74 bits per heavy atom. The van der Waals surface area contributed by atoms with Gasteiger partial charge in [0.1, 0.15) is 6.07 Å². The van der Waals surface area contributed by atoms with Crippen LogP contribution in [0.4, 0.5) is 20.2 Å². The predicted molar refractivity (Wildman–Crippen MR) is 65.5 cm³/mol. The van der Waals surface area contributed by atoms with Gasteiger partial charge in [0.15, 0.2) is 11.6 Å². The topological polar surface area (TPSA) is 59.6 Å². The van der Waals surface area contributed by atoms with E-state index in [4.69, 9.17) is 10.5 Å². The van der Waals surface area contributed by atoms with Crippen LogP contribution < -0.4 is 5.32 Å². The molecule has 0 spiro atoms. The molecule has 5 heteroatoms. The Bertz CT molecular complexity index is 712. The molecule has 0 aliphatic carbocycles. The van der Waals surface area contributed by atoms with E-state index in [1.165, 1.54) is 18.2 Å². The quantitative estimate of drug-likeness (QED) is 0.894. The summed E-state index contributed by atoms with van der Waals surface area (Å²) in [5.74, 6) is -2.31. The van der Waals surface area contributed by atoms with Crippen molar-refractivity contribution in [2.45, 2.75) is 0 Å². The van der Waals surface area contributed by atoms with Crippen LogP contribution in [0.25, 0.3) is 0 Å². The lowest BCUT2D eigenvalue weighted by atomic mass is 10.1. The van der Waals surface area contributed by atoms with Crippen molar-refractivity contribution in [1.82, 2.24) is 0 Å². The Labute approximate surface area is 108 Å². The minimum atomic E-state index is -1.19. The van der Waals surface area contributed by atoms with Crippen LogP contribution in [0, 0.1) is 34.3 Å². The lowest BCUT2D eigenvalue weighted by Crippen LogP contribution is -1.98. The highest BCUT2D eigenvalue weighted by Gasteiger charge is 2.13. The Kier molecular flexibility index (Phi) is 3.40. The van der Waals surface area contributed by atoms with Crippen molar-refractivity contribution < 1.29 is 8.78 Å². The van der Waals surface area contributed by atoms with Gasteiger partial charge in [0.25, 0.3) is 0 Å². The SMILES string of the molecule is N#Cc1cccc(Nc2ccc(C#N)c(F)c2F)c1. The van der Waals surface area contributed by atoms with Crippen LogP contribution in [0.3, 0.4) is 0 Å². The van der Waals surface area contributed by atoms with Gasteiger partial charge in [-0.2, -0.15) is 10.5 Å². The lowest BCUT2D eigenvalue weighted by Gasteiger charge is -2.08. The van der Waals surface area contributed by atoms with Crippen molar-refractivity contribution >= 4 is 11.4 Å². The number of nitrogens with zero attached hydrogens (tertiary/aromatic N) is 2. The molecule has 0 saturated heterocycles. The normalized spacial score (nSPS) is 9.47. The average Bonchev–Trinajstić information content (AvgIpc) is 2.44. The predicted octanol–water partition coefficient (Wildman–Crippen LogP) is 3.45. The molecule has 0 saturated carbocycles. The molecule has 0 unspecified atom stereocenters. The second kappa shape index (κ2) is 5.16. The molecule has 0 heterocycles. The summed E-state index contributed by atoms with van der Waals surface area (Å²) < 4.78 is 27.1. The molecule has 92 valence electrons. The van der Waals surface area contributed by atoms with E-state index in [2.05, 4.69) is 5.32 Å². The molecule has 3 nitrogen and oxygen atoms in total. The molecular formula is C14H7F2N3. The van der Waals surface area contributed by atoms with Gasteiger partial charge in [0, 0.05) is 5.69 Å². The number of halogens is 2. The van der Waals surface area contributed by atoms with Crippen LogP contribution in [-0.4, -0.2) is 0 Å². The first-order valence-electron chi connectivity index (χ1n) is 5.31. The second-order valence-electron chi connectivity index (χ2n) is 3.72. The minimum Gasteiger partial charge on any atom is -0.353 e. The molecule has 19 heavy (non-hydrogen) atoms. The van der Waals surface area contributed by atoms with Crippen molar-refractivity contribution in [3.05, 3.63) is 59.2 Å². The lowest BCUT2D eigenvalue weighted by molar-refractivity contribution is 0.509. The number of nitriles is 2. The molecule has 0 amide bonds. The summed E-state index contributed by atoms with van der Waals surface area (Å²) in [5.41, 5.74) is 0.419. The van der Waals surface area contributed by atoms with E-state index in [-0.39, 0.29) is 11.3 Å². The maximum absolute atomic E-state index is 13.7. The van der Waals surface area contributed by atoms with Crippen LogP contribution in [0.15, 0.2) is 36.4 Å². The summed E-state index contributed by atoms with van der Waals surface area (Å²) in [5, 5.41) is 20.0. The molecule has 1 N–H and O–H groups in total. The maximum atomic E-state index is 13.7. The monoisotopic (exact) mass is 255 g/mol. The van der Waals surface area contributed by atoms with Gasteiger partial charge in [-0.3, -0.25) is 0 Å². The first-order chi connectivity index (χ1) is 9.15. The summed E-state index contributed by atoms with van der Waals surface area (Å²) in [7, 11) is 0. The van der Waals surface area contributed by atoms with Gasteiger partial charge >= 0.3 is 0 Å². The van der Waals surface area contributed by atoms with Crippen molar-refractivity contribution in [3.8, 4) is 12.1 Å². The summed E-state index contributed by atoms with van der Waals surface area (Å²) >= 11 is 0. The average molecular weight is 255 g/mol. The Hall–Kier alpha value is -2.92. The molecule has 0 aromatic heterocycles. The van der Waals surface area contributed by atoms with E-state index >= 15 is 0 Å². The maximum Gasteiger partial charge on any atom is 0.183 e. The standard InChI is InChI=1S/C14H7F2N3/c15-13-10(8-18)4-5-12(14(13)16)19-11-3-1-2-9(6-11)7-17/h1-6,19H. The highest BCUT2D eigenvalue weighted by atomic mass is 19.2. The highest BCUT2D eigenvalue weighted by molar-refractivity contribution is 5.63. The van der Waals surface area contributed by atoms with Crippen molar-refractivity contribution in [1.29, 1.82) is 10.5 Å². The van der Waals surface area contributed by atoms with Crippen molar-refractivity contribution in [3.63, 3.8) is 0 Å². The fourth-order valence-corrected chi connectivity index (χ4v) is 1.55. The summed E-state index contributed by atoms with van der Waals surface area (Å²) in [4.78, 5) is 0. The van der Waals surface area contributed by atoms with Gasteiger partial charge in [-0.05, 0) is 30.3 Å². The zero-order valence-corrected chi connectivity index (χ0v) is 9.61. The largest absolute Gasteiger partial charge is 0.353 e.